The maximum atomic E-state index is 13.0. The molecule has 0 unspecified atom stereocenters. The Bertz CT molecular complexity index is 916. The van der Waals surface area contributed by atoms with Gasteiger partial charge < -0.3 is 10.1 Å². The Kier molecular flexibility index (Phi) is 6.04. The highest BCUT2D eigenvalue weighted by molar-refractivity contribution is 7.89. The van der Waals surface area contributed by atoms with Gasteiger partial charge in [0, 0.05) is 11.6 Å². The van der Waals surface area contributed by atoms with Crippen LogP contribution in [0.5, 0.6) is 5.75 Å². The molecule has 1 atom stereocenters. The molecule has 0 saturated carbocycles. The van der Waals surface area contributed by atoms with E-state index in [1.807, 2.05) is 13.0 Å². The van der Waals surface area contributed by atoms with Gasteiger partial charge in [-0.15, -0.1) is 0 Å². The lowest BCUT2D eigenvalue weighted by atomic mass is 10.2. The van der Waals surface area contributed by atoms with Crippen LogP contribution in [0.15, 0.2) is 53.4 Å². The first-order valence-corrected chi connectivity index (χ1v) is 10.6. The summed E-state index contributed by atoms with van der Waals surface area (Å²) < 4.78 is 32.7. The van der Waals surface area contributed by atoms with Crippen molar-refractivity contribution in [2.45, 2.75) is 30.7 Å². The lowest BCUT2D eigenvalue weighted by Crippen LogP contribution is -2.43. The average Bonchev–Trinajstić information content (AvgIpc) is 3.15. The number of anilines is 1. The fraction of sp³-hybridized carbons (Fsp3) is 0.316. The third-order valence-electron chi connectivity index (χ3n) is 4.37. The molecule has 1 heterocycles. The normalized spacial score (nSPS) is 17.6. The molecular formula is C19H21ClN2O4S. The van der Waals surface area contributed by atoms with Gasteiger partial charge in [-0.2, -0.15) is 4.31 Å². The van der Waals surface area contributed by atoms with Gasteiger partial charge >= 0.3 is 0 Å². The quantitative estimate of drug-likeness (QED) is 0.793. The molecule has 27 heavy (non-hydrogen) atoms. The van der Waals surface area contributed by atoms with Gasteiger partial charge in [0.05, 0.1) is 17.2 Å². The molecule has 144 valence electrons. The lowest BCUT2D eigenvalue weighted by Gasteiger charge is -2.24. The molecule has 8 heteroatoms. The first-order valence-electron chi connectivity index (χ1n) is 8.73. The molecule has 0 radical (unpaired) electrons. The SMILES string of the molecule is CCOc1ccccc1NC(=O)[C@@H]1CCCN1S(=O)(=O)c1ccc(Cl)cc1. The maximum absolute atomic E-state index is 13.0. The van der Waals surface area contributed by atoms with Crippen LogP contribution in [0.25, 0.3) is 0 Å². The van der Waals surface area contributed by atoms with Gasteiger partial charge in [-0.05, 0) is 56.2 Å². The van der Waals surface area contributed by atoms with Crippen molar-refractivity contribution in [2.75, 3.05) is 18.5 Å². The Morgan fingerprint density at radius 2 is 1.93 bits per heavy atom. The van der Waals surface area contributed by atoms with Crippen molar-refractivity contribution in [3.05, 3.63) is 53.6 Å². The number of hydrogen-bond acceptors (Lipinski definition) is 4. The van der Waals surface area contributed by atoms with Crippen molar-refractivity contribution < 1.29 is 17.9 Å². The molecule has 6 nitrogen and oxygen atoms in total. The van der Waals surface area contributed by atoms with Crippen LogP contribution in [-0.2, 0) is 14.8 Å². The van der Waals surface area contributed by atoms with E-state index in [4.69, 9.17) is 16.3 Å². The van der Waals surface area contributed by atoms with Crippen LogP contribution in [0.1, 0.15) is 19.8 Å². The Morgan fingerprint density at radius 3 is 2.63 bits per heavy atom. The molecule has 2 aromatic carbocycles. The summed E-state index contributed by atoms with van der Waals surface area (Å²) in [7, 11) is -3.78. The first kappa shape index (κ1) is 19.7. The van der Waals surface area contributed by atoms with E-state index in [-0.39, 0.29) is 10.8 Å². The van der Waals surface area contributed by atoms with E-state index in [1.54, 1.807) is 18.2 Å². The van der Waals surface area contributed by atoms with Crippen molar-refractivity contribution in [2.24, 2.45) is 0 Å². The molecule has 0 spiro atoms. The monoisotopic (exact) mass is 408 g/mol. The molecule has 0 aliphatic carbocycles. The minimum Gasteiger partial charge on any atom is -0.492 e. The Balaban J connectivity index is 1.82. The fourth-order valence-electron chi connectivity index (χ4n) is 3.10. The summed E-state index contributed by atoms with van der Waals surface area (Å²) in [4.78, 5) is 12.9. The van der Waals surface area contributed by atoms with Gasteiger partial charge in [-0.1, -0.05) is 23.7 Å². The van der Waals surface area contributed by atoms with Gasteiger partial charge in [0.25, 0.3) is 0 Å². The molecular weight excluding hydrogens is 388 g/mol. The summed E-state index contributed by atoms with van der Waals surface area (Å²) >= 11 is 5.85. The topological polar surface area (TPSA) is 75.7 Å². The van der Waals surface area contributed by atoms with Crippen LogP contribution < -0.4 is 10.1 Å². The van der Waals surface area contributed by atoms with Crippen molar-refractivity contribution in [3.63, 3.8) is 0 Å². The number of sulfonamides is 1. The molecule has 1 N–H and O–H groups in total. The van der Waals surface area contributed by atoms with E-state index in [1.165, 1.54) is 28.6 Å². The number of nitrogens with one attached hydrogen (secondary N) is 1. The van der Waals surface area contributed by atoms with Gasteiger partial charge in [0.2, 0.25) is 15.9 Å². The summed E-state index contributed by atoms with van der Waals surface area (Å²) in [5.74, 6) is 0.190. The van der Waals surface area contributed by atoms with E-state index in [9.17, 15) is 13.2 Å². The van der Waals surface area contributed by atoms with Crippen molar-refractivity contribution in [1.29, 1.82) is 0 Å². The predicted octanol–water partition coefficient (Wildman–Crippen LogP) is 3.53. The van der Waals surface area contributed by atoms with E-state index in [2.05, 4.69) is 5.32 Å². The zero-order chi connectivity index (χ0) is 19.4. The maximum Gasteiger partial charge on any atom is 0.243 e. The number of hydrogen-bond donors (Lipinski definition) is 1. The predicted molar refractivity (Wildman–Crippen MR) is 105 cm³/mol. The second kappa shape index (κ2) is 8.29. The molecule has 1 aliphatic heterocycles. The van der Waals surface area contributed by atoms with Gasteiger partial charge in [0.1, 0.15) is 11.8 Å². The van der Waals surface area contributed by atoms with Crippen LogP contribution in [0, 0.1) is 0 Å². The van der Waals surface area contributed by atoms with Crippen molar-refractivity contribution >= 4 is 33.2 Å². The molecule has 1 fully saturated rings. The summed E-state index contributed by atoms with van der Waals surface area (Å²) in [6.45, 7) is 2.62. The zero-order valence-electron chi connectivity index (χ0n) is 14.9. The number of ether oxygens (including phenoxy) is 1. The molecule has 0 aromatic heterocycles. The number of halogens is 1. The molecule has 1 saturated heterocycles. The third kappa shape index (κ3) is 4.26. The average molecular weight is 409 g/mol. The number of amides is 1. The van der Waals surface area contributed by atoms with E-state index in [0.29, 0.717) is 42.5 Å². The van der Waals surface area contributed by atoms with Crippen LogP contribution in [0.4, 0.5) is 5.69 Å². The molecule has 1 amide bonds. The van der Waals surface area contributed by atoms with Crippen LogP contribution >= 0.6 is 11.6 Å². The summed E-state index contributed by atoms with van der Waals surface area (Å²) in [6, 6.07) is 12.3. The summed E-state index contributed by atoms with van der Waals surface area (Å²) in [6.07, 6.45) is 1.09. The van der Waals surface area contributed by atoms with Crippen LogP contribution in [0.3, 0.4) is 0 Å². The minimum atomic E-state index is -3.78. The Hall–Kier alpha value is -2.09. The zero-order valence-corrected chi connectivity index (χ0v) is 16.5. The van der Waals surface area contributed by atoms with E-state index in [0.717, 1.165) is 0 Å². The van der Waals surface area contributed by atoms with Crippen LogP contribution in [0.2, 0.25) is 5.02 Å². The number of benzene rings is 2. The Labute approximate surface area is 164 Å². The van der Waals surface area contributed by atoms with Crippen molar-refractivity contribution in [1.82, 2.24) is 4.31 Å². The smallest absolute Gasteiger partial charge is 0.243 e. The standard InChI is InChI=1S/C19H21ClN2O4S/c1-2-26-18-8-4-3-6-16(18)21-19(23)17-7-5-13-22(17)27(24,25)15-11-9-14(20)10-12-15/h3-4,6,8-12,17H,2,5,7,13H2,1H3,(H,21,23)/t17-/m0/s1. The first-order chi connectivity index (χ1) is 12.9. The highest BCUT2D eigenvalue weighted by Crippen LogP contribution is 2.29. The minimum absolute atomic E-state index is 0.126. The summed E-state index contributed by atoms with van der Waals surface area (Å²) in [5, 5.41) is 3.26. The second-order valence-electron chi connectivity index (χ2n) is 6.15. The van der Waals surface area contributed by atoms with Gasteiger partial charge in [-0.3, -0.25) is 4.79 Å². The number of carbonyl (C=O) groups is 1. The molecule has 3 rings (SSSR count). The van der Waals surface area contributed by atoms with Gasteiger partial charge in [0.15, 0.2) is 0 Å². The second-order valence-corrected chi connectivity index (χ2v) is 8.47. The van der Waals surface area contributed by atoms with E-state index >= 15 is 0 Å². The third-order valence-corrected chi connectivity index (χ3v) is 6.55. The number of para-hydroxylation sites is 2. The summed E-state index contributed by atoms with van der Waals surface area (Å²) in [5.41, 5.74) is 0.528. The lowest BCUT2D eigenvalue weighted by molar-refractivity contribution is -0.119. The number of rotatable bonds is 6. The molecule has 1 aliphatic rings. The molecule has 0 bridgehead atoms. The number of nitrogens with zero attached hydrogens (tertiary/aromatic N) is 1. The van der Waals surface area contributed by atoms with E-state index < -0.39 is 16.1 Å². The van der Waals surface area contributed by atoms with Crippen molar-refractivity contribution in [3.8, 4) is 5.75 Å². The number of carbonyl (C=O) groups excluding carboxylic acids is 1. The fourth-order valence-corrected chi connectivity index (χ4v) is 4.88. The molecule has 2 aromatic rings. The van der Waals surface area contributed by atoms with Gasteiger partial charge in [-0.25, -0.2) is 8.42 Å². The highest BCUT2D eigenvalue weighted by atomic mass is 35.5. The van der Waals surface area contributed by atoms with Crippen LogP contribution in [-0.4, -0.2) is 37.8 Å². The Morgan fingerprint density at radius 1 is 1.22 bits per heavy atom. The largest absolute Gasteiger partial charge is 0.492 e. The highest BCUT2D eigenvalue weighted by Gasteiger charge is 2.39.